The van der Waals surface area contributed by atoms with Gasteiger partial charge < -0.3 is 13.7 Å². The highest BCUT2D eigenvalue weighted by molar-refractivity contribution is 6.17. The largest absolute Gasteiger partial charge is 0.456 e. The lowest BCUT2D eigenvalue weighted by molar-refractivity contribution is 0.619. The lowest BCUT2D eigenvalue weighted by atomic mass is 9.99. The van der Waals surface area contributed by atoms with E-state index in [0.717, 1.165) is 66.8 Å². The van der Waals surface area contributed by atoms with Crippen LogP contribution in [0.1, 0.15) is 0 Å². The molecule has 250 valence electrons. The number of benzene rings is 8. The van der Waals surface area contributed by atoms with Crippen molar-refractivity contribution >= 4 is 50.1 Å². The predicted molar refractivity (Wildman–Crippen MR) is 218 cm³/mol. The molecule has 0 spiro atoms. The van der Waals surface area contributed by atoms with Gasteiger partial charge in [-0.2, -0.15) is 0 Å². The van der Waals surface area contributed by atoms with E-state index in [4.69, 9.17) is 13.8 Å². The fourth-order valence-electron chi connectivity index (χ4n) is 7.28. The van der Waals surface area contributed by atoms with Crippen molar-refractivity contribution in [2.45, 2.75) is 0 Å². The highest BCUT2D eigenvalue weighted by Crippen LogP contribution is 2.40. The molecule has 0 atom stereocenters. The monoisotopic (exact) mass is 680 g/mol. The highest BCUT2D eigenvalue weighted by atomic mass is 16.4. The van der Waals surface area contributed by atoms with Crippen LogP contribution in [0.4, 0.5) is 17.1 Å². The molecule has 53 heavy (non-hydrogen) atoms. The third-order valence-corrected chi connectivity index (χ3v) is 9.92. The fourth-order valence-corrected chi connectivity index (χ4v) is 7.28. The Balaban J connectivity index is 0.970. The minimum absolute atomic E-state index is 0.605. The average Bonchev–Trinajstić information content (AvgIpc) is 3.84. The summed E-state index contributed by atoms with van der Waals surface area (Å²) >= 11 is 0. The zero-order valence-corrected chi connectivity index (χ0v) is 28.7. The number of para-hydroxylation sites is 1. The van der Waals surface area contributed by atoms with Crippen LogP contribution in [0, 0.1) is 0 Å². The Hall–Kier alpha value is -7.17. The molecule has 0 fully saturated rings. The quantitative estimate of drug-likeness (QED) is 0.168. The van der Waals surface area contributed by atoms with Gasteiger partial charge in [0.15, 0.2) is 5.58 Å². The molecule has 0 bridgehead atoms. The Labute approximate surface area is 306 Å². The SMILES string of the molecule is c1ccc(-c2cccc(-c3ccc(N(c4ccccc4)c4ccc(-c5ccc6c(c5)oc5ccc7oc(-c8ccccc8)nc7c56)cc4)cc3)c2)cc1. The molecule has 0 N–H and O–H groups in total. The van der Waals surface area contributed by atoms with Gasteiger partial charge in [-0.15, -0.1) is 0 Å². The number of furan rings is 1. The molecule has 10 aromatic rings. The average molecular weight is 681 g/mol. The molecule has 0 unspecified atom stereocenters. The van der Waals surface area contributed by atoms with E-state index < -0.39 is 0 Å². The van der Waals surface area contributed by atoms with E-state index in [-0.39, 0.29) is 0 Å². The number of fused-ring (bicyclic) bond motifs is 5. The summed E-state index contributed by atoms with van der Waals surface area (Å²) in [6.07, 6.45) is 0. The van der Waals surface area contributed by atoms with Gasteiger partial charge in [0.25, 0.3) is 0 Å². The van der Waals surface area contributed by atoms with E-state index in [1.54, 1.807) is 0 Å². The Morgan fingerprint density at radius 3 is 1.47 bits per heavy atom. The molecule has 0 radical (unpaired) electrons. The van der Waals surface area contributed by atoms with E-state index in [2.05, 4.69) is 157 Å². The summed E-state index contributed by atoms with van der Waals surface area (Å²) in [5, 5.41) is 1.99. The number of aromatic nitrogens is 1. The van der Waals surface area contributed by atoms with Crippen molar-refractivity contribution in [2.75, 3.05) is 4.90 Å². The number of nitrogens with zero attached hydrogens (tertiary/aromatic N) is 2. The second-order valence-corrected chi connectivity index (χ2v) is 13.2. The Morgan fingerprint density at radius 1 is 0.340 bits per heavy atom. The maximum Gasteiger partial charge on any atom is 0.227 e. The fraction of sp³-hybridized carbons (Fsp3) is 0. The van der Waals surface area contributed by atoms with E-state index >= 15 is 0 Å². The first kappa shape index (κ1) is 30.6. The number of hydrogen-bond donors (Lipinski definition) is 0. The molecule has 0 aliphatic heterocycles. The van der Waals surface area contributed by atoms with Gasteiger partial charge in [-0.25, -0.2) is 4.98 Å². The number of oxazole rings is 1. The van der Waals surface area contributed by atoms with Crippen LogP contribution in [0.2, 0.25) is 0 Å². The van der Waals surface area contributed by atoms with E-state index in [0.29, 0.717) is 5.89 Å². The zero-order valence-electron chi connectivity index (χ0n) is 28.7. The van der Waals surface area contributed by atoms with Gasteiger partial charge in [-0.05, 0) is 112 Å². The standard InChI is InChI=1S/C49H32N2O2/c1-4-11-33(12-5-1)37-15-10-16-38(31-37)34-19-24-41(25-20-34)51(40-17-8-3-9-18-40)42-26-21-35(22-27-42)39-23-28-43-46(32-39)52-44-29-30-45-48(47(43)44)50-49(53-45)36-13-6-2-7-14-36/h1-32H. The van der Waals surface area contributed by atoms with Gasteiger partial charge in [0.1, 0.15) is 16.7 Å². The van der Waals surface area contributed by atoms with Gasteiger partial charge in [-0.3, -0.25) is 0 Å². The third kappa shape index (κ3) is 5.63. The lowest BCUT2D eigenvalue weighted by Crippen LogP contribution is -2.09. The van der Waals surface area contributed by atoms with Gasteiger partial charge >= 0.3 is 0 Å². The van der Waals surface area contributed by atoms with Gasteiger partial charge in [0.05, 0.1) is 5.39 Å². The maximum atomic E-state index is 6.40. The zero-order chi connectivity index (χ0) is 35.1. The van der Waals surface area contributed by atoms with Crippen molar-refractivity contribution in [2.24, 2.45) is 0 Å². The molecular formula is C49H32N2O2. The van der Waals surface area contributed by atoms with Crippen molar-refractivity contribution in [3.8, 4) is 44.8 Å². The smallest absolute Gasteiger partial charge is 0.227 e. The summed E-state index contributed by atoms with van der Waals surface area (Å²) in [5.74, 6) is 0.605. The van der Waals surface area contributed by atoms with E-state index in [1.165, 1.54) is 22.3 Å². The molecule has 0 aliphatic carbocycles. The molecule has 2 aromatic heterocycles. The van der Waals surface area contributed by atoms with Crippen molar-refractivity contribution in [1.29, 1.82) is 0 Å². The Bertz CT molecular complexity index is 2860. The first-order chi connectivity index (χ1) is 26.2. The van der Waals surface area contributed by atoms with Crippen LogP contribution >= 0.6 is 0 Å². The Morgan fingerprint density at radius 2 is 0.830 bits per heavy atom. The molecule has 2 heterocycles. The summed E-state index contributed by atoms with van der Waals surface area (Å²) in [6.45, 7) is 0. The normalized spacial score (nSPS) is 11.4. The van der Waals surface area contributed by atoms with Crippen LogP contribution in [-0.2, 0) is 0 Å². The molecule has 0 amide bonds. The second kappa shape index (κ2) is 12.9. The van der Waals surface area contributed by atoms with Crippen molar-refractivity contribution in [3.05, 3.63) is 194 Å². The maximum absolute atomic E-state index is 6.40. The lowest BCUT2D eigenvalue weighted by Gasteiger charge is -2.26. The second-order valence-electron chi connectivity index (χ2n) is 13.2. The minimum atomic E-state index is 0.605. The van der Waals surface area contributed by atoms with Crippen molar-refractivity contribution < 1.29 is 8.83 Å². The van der Waals surface area contributed by atoms with Gasteiger partial charge in [0.2, 0.25) is 5.89 Å². The molecule has 4 nitrogen and oxygen atoms in total. The number of rotatable bonds is 7. The molecule has 0 saturated carbocycles. The Kier molecular flexibility index (Phi) is 7.43. The predicted octanol–water partition coefficient (Wildman–Crippen LogP) is 13.9. The molecule has 10 rings (SSSR count). The number of hydrogen-bond acceptors (Lipinski definition) is 4. The third-order valence-electron chi connectivity index (χ3n) is 9.92. The van der Waals surface area contributed by atoms with Crippen LogP contribution in [0.5, 0.6) is 0 Å². The van der Waals surface area contributed by atoms with Crippen molar-refractivity contribution in [1.82, 2.24) is 4.98 Å². The first-order valence-electron chi connectivity index (χ1n) is 17.8. The van der Waals surface area contributed by atoms with Crippen LogP contribution in [-0.4, -0.2) is 4.98 Å². The molecule has 4 heteroatoms. The molecular weight excluding hydrogens is 649 g/mol. The van der Waals surface area contributed by atoms with Crippen molar-refractivity contribution in [3.63, 3.8) is 0 Å². The van der Waals surface area contributed by atoms with Crippen LogP contribution in [0.15, 0.2) is 203 Å². The van der Waals surface area contributed by atoms with Crippen LogP contribution < -0.4 is 4.90 Å². The van der Waals surface area contributed by atoms with Crippen LogP contribution in [0.25, 0.3) is 77.9 Å². The number of anilines is 3. The van der Waals surface area contributed by atoms with Gasteiger partial charge in [-0.1, -0.05) is 115 Å². The molecule has 8 aromatic carbocycles. The highest BCUT2D eigenvalue weighted by Gasteiger charge is 2.18. The summed E-state index contributed by atoms with van der Waals surface area (Å²) < 4.78 is 12.6. The topological polar surface area (TPSA) is 42.4 Å². The summed E-state index contributed by atoms with van der Waals surface area (Å²) in [6, 6.07) is 67.6. The summed E-state index contributed by atoms with van der Waals surface area (Å²) in [7, 11) is 0. The first-order valence-corrected chi connectivity index (χ1v) is 17.8. The van der Waals surface area contributed by atoms with E-state index in [1.807, 2.05) is 42.5 Å². The van der Waals surface area contributed by atoms with E-state index in [9.17, 15) is 0 Å². The summed E-state index contributed by atoms with van der Waals surface area (Å²) in [4.78, 5) is 7.19. The molecule has 0 aliphatic rings. The molecule has 0 saturated heterocycles. The van der Waals surface area contributed by atoms with Gasteiger partial charge in [0, 0.05) is 28.0 Å². The minimum Gasteiger partial charge on any atom is -0.456 e. The van der Waals surface area contributed by atoms with Crippen LogP contribution in [0.3, 0.4) is 0 Å². The summed E-state index contributed by atoms with van der Waals surface area (Å²) in [5.41, 5.74) is 14.4.